The molecule has 0 aliphatic rings. The molecule has 0 aliphatic heterocycles. The highest BCUT2D eigenvalue weighted by atomic mass is 79.9. The normalized spacial score (nSPS) is 11.3. The molecule has 0 amide bonds. The number of benzene rings is 2. The standard InChI is InChI=1S/C21H21BrClFN2O3/c1-26-12-25-21-18(26)10-15(19(27)11-29-7-3-6-28-2)16(20(21)24)8-13-4-5-14(22)9-17(13)23/h4-5,9-10,12H,3,6-8,11H2,1-2H3. The molecule has 1 heterocycles. The van der Waals surface area contributed by atoms with Crippen LogP contribution in [-0.2, 0) is 22.9 Å². The Morgan fingerprint density at radius 3 is 2.83 bits per heavy atom. The van der Waals surface area contributed by atoms with Gasteiger partial charge in [0.2, 0.25) is 0 Å². The lowest BCUT2D eigenvalue weighted by Gasteiger charge is -2.13. The molecule has 0 saturated heterocycles. The van der Waals surface area contributed by atoms with E-state index in [4.69, 9.17) is 21.1 Å². The average Bonchev–Trinajstić information content (AvgIpc) is 3.06. The minimum absolute atomic E-state index is 0.131. The van der Waals surface area contributed by atoms with Crippen molar-refractivity contribution in [2.45, 2.75) is 12.8 Å². The first-order valence-electron chi connectivity index (χ1n) is 9.08. The van der Waals surface area contributed by atoms with Crippen molar-refractivity contribution in [1.29, 1.82) is 0 Å². The number of Topliss-reactive ketones (excluding diaryl/α,β-unsaturated/α-hetero) is 1. The summed E-state index contributed by atoms with van der Waals surface area (Å²) in [6.07, 6.45) is 2.38. The number of aromatic nitrogens is 2. The predicted molar refractivity (Wildman–Crippen MR) is 114 cm³/mol. The van der Waals surface area contributed by atoms with Crippen molar-refractivity contribution >= 4 is 44.3 Å². The van der Waals surface area contributed by atoms with Crippen molar-refractivity contribution in [2.24, 2.45) is 7.05 Å². The van der Waals surface area contributed by atoms with Gasteiger partial charge in [-0.25, -0.2) is 9.37 Å². The van der Waals surface area contributed by atoms with Gasteiger partial charge in [-0.2, -0.15) is 0 Å². The van der Waals surface area contributed by atoms with Crippen LogP contribution in [0.25, 0.3) is 11.0 Å². The number of nitrogens with zero attached hydrogens (tertiary/aromatic N) is 2. The van der Waals surface area contributed by atoms with Crippen molar-refractivity contribution in [2.75, 3.05) is 26.9 Å². The van der Waals surface area contributed by atoms with E-state index >= 15 is 4.39 Å². The van der Waals surface area contributed by atoms with E-state index in [-0.39, 0.29) is 35.5 Å². The van der Waals surface area contributed by atoms with E-state index in [9.17, 15) is 4.79 Å². The zero-order valence-corrected chi connectivity index (χ0v) is 18.5. The van der Waals surface area contributed by atoms with Crippen LogP contribution < -0.4 is 0 Å². The van der Waals surface area contributed by atoms with Gasteiger partial charge in [-0.05, 0) is 30.2 Å². The summed E-state index contributed by atoms with van der Waals surface area (Å²) in [4.78, 5) is 17.0. The molecule has 0 bridgehead atoms. The van der Waals surface area contributed by atoms with Crippen LogP contribution in [0, 0.1) is 5.82 Å². The van der Waals surface area contributed by atoms with Gasteiger partial charge < -0.3 is 14.0 Å². The predicted octanol–water partition coefficient (Wildman–Crippen LogP) is 4.95. The zero-order chi connectivity index (χ0) is 21.0. The van der Waals surface area contributed by atoms with E-state index in [1.165, 1.54) is 6.33 Å². The summed E-state index contributed by atoms with van der Waals surface area (Å²) in [7, 11) is 3.37. The first-order valence-corrected chi connectivity index (χ1v) is 10.3. The maximum Gasteiger partial charge on any atom is 0.188 e. The van der Waals surface area contributed by atoms with Crippen LogP contribution in [-0.4, -0.2) is 42.3 Å². The van der Waals surface area contributed by atoms with E-state index in [0.29, 0.717) is 30.2 Å². The molecule has 3 rings (SSSR count). The summed E-state index contributed by atoms with van der Waals surface area (Å²) in [5.41, 5.74) is 2.05. The lowest BCUT2D eigenvalue weighted by molar-refractivity contribution is 0.0704. The van der Waals surface area contributed by atoms with Gasteiger partial charge in [-0.1, -0.05) is 33.6 Å². The maximum absolute atomic E-state index is 15.4. The maximum atomic E-state index is 15.4. The molecule has 0 N–H and O–H groups in total. The van der Waals surface area contributed by atoms with Crippen LogP contribution in [0.15, 0.2) is 35.1 Å². The number of methoxy groups -OCH3 is 1. The molecule has 29 heavy (non-hydrogen) atoms. The van der Waals surface area contributed by atoms with Crippen molar-refractivity contribution in [1.82, 2.24) is 9.55 Å². The smallest absolute Gasteiger partial charge is 0.188 e. The van der Waals surface area contributed by atoms with Crippen LogP contribution in [0.2, 0.25) is 5.02 Å². The molecular formula is C21H21BrClFN2O3. The highest BCUT2D eigenvalue weighted by Crippen LogP contribution is 2.29. The summed E-state index contributed by atoms with van der Waals surface area (Å²) >= 11 is 9.69. The quantitative estimate of drug-likeness (QED) is 0.319. The van der Waals surface area contributed by atoms with Crippen LogP contribution >= 0.6 is 27.5 Å². The second-order valence-electron chi connectivity index (χ2n) is 6.67. The van der Waals surface area contributed by atoms with Crippen molar-refractivity contribution < 1.29 is 18.7 Å². The topological polar surface area (TPSA) is 53.4 Å². The Hall–Kier alpha value is -1.80. The molecule has 154 valence electrons. The Kier molecular flexibility index (Phi) is 7.40. The summed E-state index contributed by atoms with van der Waals surface area (Å²) in [6.45, 7) is 0.814. The summed E-state index contributed by atoms with van der Waals surface area (Å²) < 4.78 is 28.3. The fourth-order valence-electron chi connectivity index (χ4n) is 3.09. The number of fused-ring (bicyclic) bond motifs is 1. The summed E-state index contributed by atoms with van der Waals surface area (Å²) in [5, 5.41) is 0.495. The molecule has 1 aromatic heterocycles. The molecule has 0 saturated carbocycles. The van der Waals surface area contributed by atoms with Crippen LogP contribution in [0.3, 0.4) is 0 Å². The Bertz CT molecular complexity index is 1040. The van der Waals surface area contributed by atoms with Crippen molar-refractivity contribution in [3.8, 4) is 0 Å². The van der Waals surface area contributed by atoms with Crippen LogP contribution in [0.1, 0.15) is 27.9 Å². The number of imidazole rings is 1. The van der Waals surface area contributed by atoms with Gasteiger partial charge in [0.25, 0.3) is 0 Å². The molecule has 8 heteroatoms. The van der Waals surface area contributed by atoms with Crippen molar-refractivity contribution in [3.63, 3.8) is 0 Å². The molecule has 0 unspecified atom stereocenters. The molecule has 0 fully saturated rings. The van der Waals surface area contributed by atoms with E-state index in [1.54, 1.807) is 30.9 Å². The molecule has 0 aliphatic carbocycles. The second-order valence-corrected chi connectivity index (χ2v) is 8.00. The van der Waals surface area contributed by atoms with Crippen molar-refractivity contribution in [3.05, 3.63) is 62.6 Å². The van der Waals surface area contributed by atoms with Gasteiger partial charge in [0.1, 0.15) is 12.1 Å². The zero-order valence-electron chi connectivity index (χ0n) is 16.2. The van der Waals surface area contributed by atoms with Crippen LogP contribution in [0.4, 0.5) is 4.39 Å². The molecule has 0 radical (unpaired) electrons. The van der Waals surface area contributed by atoms with E-state index in [0.717, 1.165) is 10.0 Å². The van der Waals surface area contributed by atoms with Gasteiger partial charge in [0.05, 0.1) is 11.8 Å². The highest BCUT2D eigenvalue weighted by Gasteiger charge is 2.22. The number of ketones is 1. The Balaban J connectivity index is 1.96. The highest BCUT2D eigenvalue weighted by molar-refractivity contribution is 9.10. The van der Waals surface area contributed by atoms with E-state index in [1.807, 2.05) is 12.1 Å². The van der Waals surface area contributed by atoms with Gasteiger partial charge in [-0.3, -0.25) is 4.79 Å². The number of aryl methyl sites for hydroxylation is 1. The van der Waals surface area contributed by atoms with Gasteiger partial charge in [0, 0.05) is 54.4 Å². The molecular weight excluding hydrogens is 463 g/mol. The summed E-state index contributed by atoms with van der Waals surface area (Å²) in [6, 6.07) is 7.06. The number of hydrogen-bond acceptors (Lipinski definition) is 4. The number of carbonyl (C=O) groups excluding carboxylic acids is 1. The summed E-state index contributed by atoms with van der Waals surface area (Å²) in [5.74, 6) is -0.794. The Labute approximate surface area is 181 Å². The second kappa shape index (κ2) is 9.80. The Morgan fingerprint density at radius 1 is 1.31 bits per heavy atom. The fourth-order valence-corrected chi connectivity index (χ4v) is 3.83. The third kappa shape index (κ3) is 5.04. The lowest BCUT2D eigenvalue weighted by atomic mass is 9.95. The third-order valence-electron chi connectivity index (χ3n) is 4.61. The van der Waals surface area contributed by atoms with Crippen LogP contribution in [0.5, 0.6) is 0 Å². The van der Waals surface area contributed by atoms with Gasteiger partial charge in [0.15, 0.2) is 11.6 Å². The first kappa shape index (κ1) is 21.9. The lowest BCUT2D eigenvalue weighted by Crippen LogP contribution is -2.15. The number of halogens is 3. The first-order chi connectivity index (χ1) is 13.9. The minimum atomic E-state index is -0.509. The molecule has 0 spiro atoms. The monoisotopic (exact) mass is 482 g/mol. The third-order valence-corrected chi connectivity index (χ3v) is 5.46. The van der Waals surface area contributed by atoms with E-state index in [2.05, 4.69) is 20.9 Å². The van der Waals surface area contributed by atoms with E-state index < -0.39 is 5.82 Å². The number of ether oxygens (including phenoxy) is 2. The SMILES string of the molecule is COCCCOCC(=O)c1cc2c(ncn2C)c(F)c1Cc1ccc(Br)cc1Cl. The molecule has 3 aromatic rings. The minimum Gasteiger partial charge on any atom is -0.385 e. The number of carbonyl (C=O) groups is 1. The Morgan fingerprint density at radius 2 is 2.10 bits per heavy atom. The molecule has 0 atom stereocenters. The fraction of sp³-hybridized carbons (Fsp3) is 0.333. The molecule has 5 nitrogen and oxygen atoms in total. The number of hydrogen-bond donors (Lipinski definition) is 0. The average molecular weight is 484 g/mol. The molecule has 2 aromatic carbocycles. The number of rotatable bonds is 9. The largest absolute Gasteiger partial charge is 0.385 e. The van der Waals surface area contributed by atoms with Gasteiger partial charge >= 0.3 is 0 Å². The van der Waals surface area contributed by atoms with Gasteiger partial charge in [-0.15, -0.1) is 0 Å².